The highest BCUT2D eigenvalue weighted by molar-refractivity contribution is 14.0. The molecule has 1 fully saturated rings. The Kier molecular flexibility index (Phi) is 8.79. The van der Waals surface area contributed by atoms with E-state index >= 15 is 0 Å². The number of nitrogens with one attached hydrogen (secondary N) is 2. The molecule has 0 spiro atoms. The third kappa shape index (κ3) is 6.06. The molecule has 3 heterocycles. The number of aryl methyl sites for hydroxylation is 1. The Bertz CT molecular complexity index is 728. The van der Waals surface area contributed by atoms with Crippen molar-refractivity contribution in [2.24, 2.45) is 12.0 Å². The molecule has 148 valence electrons. The zero-order chi connectivity index (χ0) is 18.2. The number of pyridine rings is 1. The van der Waals surface area contributed by atoms with E-state index in [9.17, 15) is 0 Å². The molecule has 3 rings (SSSR count). The number of nitrogens with zero attached hydrogens (tertiary/aromatic N) is 5. The molecule has 0 radical (unpaired) electrons. The van der Waals surface area contributed by atoms with Crippen LogP contribution < -0.4 is 15.5 Å². The summed E-state index contributed by atoms with van der Waals surface area (Å²) in [6.07, 6.45) is 3.63. The Labute approximate surface area is 177 Å². The number of aromatic nitrogens is 3. The van der Waals surface area contributed by atoms with Gasteiger partial charge in [0.2, 0.25) is 0 Å². The number of guanidine groups is 1. The molecule has 0 aromatic carbocycles. The zero-order valence-electron chi connectivity index (χ0n) is 15.9. The fraction of sp³-hybridized carbons (Fsp3) is 0.500. The number of ether oxygens (including phenoxy) is 1. The van der Waals surface area contributed by atoms with Crippen molar-refractivity contribution in [3.05, 3.63) is 41.9 Å². The van der Waals surface area contributed by atoms with Gasteiger partial charge in [-0.05, 0) is 19.1 Å². The van der Waals surface area contributed by atoms with Crippen molar-refractivity contribution in [2.75, 3.05) is 37.7 Å². The monoisotopic (exact) mass is 485 g/mol. The first kappa shape index (κ1) is 21.4. The maximum Gasteiger partial charge on any atom is 0.191 e. The van der Waals surface area contributed by atoms with E-state index in [0.717, 1.165) is 55.9 Å². The quantitative estimate of drug-likeness (QED) is 0.367. The van der Waals surface area contributed by atoms with Crippen molar-refractivity contribution in [2.45, 2.75) is 20.0 Å². The highest BCUT2D eigenvalue weighted by Crippen LogP contribution is 2.19. The minimum absolute atomic E-state index is 0. The summed E-state index contributed by atoms with van der Waals surface area (Å²) >= 11 is 0. The molecule has 2 N–H and O–H groups in total. The van der Waals surface area contributed by atoms with E-state index in [4.69, 9.17) is 9.73 Å². The maximum atomic E-state index is 5.44. The smallest absolute Gasteiger partial charge is 0.191 e. The van der Waals surface area contributed by atoms with Crippen molar-refractivity contribution in [1.29, 1.82) is 0 Å². The first-order valence-electron chi connectivity index (χ1n) is 9.03. The summed E-state index contributed by atoms with van der Waals surface area (Å²) in [4.78, 5) is 11.6. The minimum Gasteiger partial charge on any atom is -0.378 e. The fourth-order valence-electron chi connectivity index (χ4n) is 2.87. The van der Waals surface area contributed by atoms with Gasteiger partial charge in [-0.3, -0.25) is 4.68 Å². The lowest BCUT2D eigenvalue weighted by molar-refractivity contribution is 0.122. The summed E-state index contributed by atoms with van der Waals surface area (Å²) in [5.74, 6) is 1.78. The fourth-order valence-corrected chi connectivity index (χ4v) is 2.87. The van der Waals surface area contributed by atoms with Crippen LogP contribution in [0.3, 0.4) is 0 Å². The highest BCUT2D eigenvalue weighted by Gasteiger charge is 2.15. The van der Waals surface area contributed by atoms with Crippen LogP contribution in [0.2, 0.25) is 0 Å². The second-order valence-electron chi connectivity index (χ2n) is 6.08. The van der Waals surface area contributed by atoms with Crippen molar-refractivity contribution in [3.63, 3.8) is 0 Å². The van der Waals surface area contributed by atoms with Crippen LogP contribution in [0.4, 0.5) is 5.82 Å². The molecule has 0 bridgehead atoms. The number of hydrogen-bond acceptors (Lipinski definition) is 5. The molecule has 9 heteroatoms. The molecule has 1 aliphatic rings. The molecule has 2 aromatic rings. The molecule has 0 saturated carbocycles. The van der Waals surface area contributed by atoms with Crippen molar-refractivity contribution in [1.82, 2.24) is 25.4 Å². The van der Waals surface area contributed by atoms with E-state index in [0.29, 0.717) is 13.1 Å². The molecule has 2 aromatic heterocycles. The second kappa shape index (κ2) is 11.1. The topological polar surface area (TPSA) is 79.6 Å². The number of anilines is 1. The SMILES string of the molecule is CCNC(=NCc1cccnc1N1CCOCC1)NCc1ccnn1C.I. The summed E-state index contributed by atoms with van der Waals surface area (Å²) in [6, 6.07) is 6.05. The van der Waals surface area contributed by atoms with Crippen LogP contribution in [0.1, 0.15) is 18.2 Å². The largest absolute Gasteiger partial charge is 0.378 e. The Balaban J connectivity index is 0.00000261. The van der Waals surface area contributed by atoms with Crippen molar-refractivity contribution in [3.8, 4) is 0 Å². The molecule has 0 unspecified atom stereocenters. The first-order valence-corrected chi connectivity index (χ1v) is 9.03. The lowest BCUT2D eigenvalue weighted by atomic mass is 10.2. The zero-order valence-corrected chi connectivity index (χ0v) is 18.2. The Morgan fingerprint density at radius 1 is 1.22 bits per heavy atom. The van der Waals surface area contributed by atoms with Gasteiger partial charge in [-0.2, -0.15) is 5.10 Å². The number of rotatable bonds is 6. The van der Waals surface area contributed by atoms with E-state index < -0.39 is 0 Å². The summed E-state index contributed by atoms with van der Waals surface area (Å²) in [5, 5.41) is 10.8. The van der Waals surface area contributed by atoms with Crippen LogP contribution in [0.25, 0.3) is 0 Å². The van der Waals surface area contributed by atoms with E-state index in [1.807, 2.05) is 30.1 Å². The number of hydrogen-bond donors (Lipinski definition) is 2. The molecule has 8 nitrogen and oxygen atoms in total. The van der Waals surface area contributed by atoms with Crippen LogP contribution in [-0.4, -0.2) is 53.6 Å². The van der Waals surface area contributed by atoms with Crippen LogP contribution in [0, 0.1) is 0 Å². The predicted octanol–water partition coefficient (Wildman–Crippen LogP) is 1.52. The van der Waals surface area contributed by atoms with Gasteiger partial charge in [0, 0.05) is 44.6 Å². The first-order chi connectivity index (χ1) is 12.8. The van der Waals surface area contributed by atoms with Crippen LogP contribution in [-0.2, 0) is 24.9 Å². The third-order valence-electron chi connectivity index (χ3n) is 4.29. The van der Waals surface area contributed by atoms with Crippen LogP contribution in [0.5, 0.6) is 0 Å². The summed E-state index contributed by atoms with van der Waals surface area (Å²) in [6.45, 7) is 7.33. The van der Waals surface area contributed by atoms with Gasteiger partial charge in [0.1, 0.15) is 5.82 Å². The highest BCUT2D eigenvalue weighted by atomic mass is 127. The van der Waals surface area contributed by atoms with Gasteiger partial charge in [-0.25, -0.2) is 9.98 Å². The van der Waals surface area contributed by atoms with E-state index in [2.05, 4.69) is 38.6 Å². The molecule has 0 aliphatic carbocycles. The predicted molar refractivity (Wildman–Crippen MR) is 118 cm³/mol. The summed E-state index contributed by atoms with van der Waals surface area (Å²) in [5.41, 5.74) is 2.22. The molecule has 1 aliphatic heterocycles. The van der Waals surface area contributed by atoms with Gasteiger partial charge < -0.3 is 20.3 Å². The molecular weight excluding hydrogens is 457 g/mol. The maximum absolute atomic E-state index is 5.44. The van der Waals surface area contributed by atoms with E-state index in [1.165, 1.54) is 0 Å². The van der Waals surface area contributed by atoms with Gasteiger partial charge in [0.05, 0.1) is 32.0 Å². The lowest BCUT2D eigenvalue weighted by Crippen LogP contribution is -2.38. The van der Waals surface area contributed by atoms with Gasteiger partial charge in [-0.1, -0.05) is 6.07 Å². The second-order valence-corrected chi connectivity index (χ2v) is 6.08. The summed E-state index contributed by atoms with van der Waals surface area (Å²) < 4.78 is 7.30. The Hall–Kier alpha value is -1.88. The summed E-state index contributed by atoms with van der Waals surface area (Å²) in [7, 11) is 1.94. The number of aliphatic imine (C=N–C) groups is 1. The van der Waals surface area contributed by atoms with Gasteiger partial charge in [0.25, 0.3) is 0 Å². The number of halogens is 1. The van der Waals surface area contributed by atoms with Crippen LogP contribution in [0.15, 0.2) is 35.6 Å². The third-order valence-corrected chi connectivity index (χ3v) is 4.29. The molecule has 0 atom stereocenters. The minimum atomic E-state index is 0. The van der Waals surface area contributed by atoms with Gasteiger partial charge >= 0.3 is 0 Å². The van der Waals surface area contributed by atoms with Crippen molar-refractivity contribution >= 4 is 35.8 Å². The molecule has 27 heavy (non-hydrogen) atoms. The molecule has 1 saturated heterocycles. The standard InChI is InChI=1S/C18H27N7O.HI/c1-3-19-18(22-14-16-6-8-23-24(16)2)21-13-15-5-4-7-20-17(15)25-9-11-26-12-10-25;/h4-8H,3,9-14H2,1-2H3,(H2,19,21,22);1H. The van der Waals surface area contributed by atoms with Gasteiger partial charge in [0.15, 0.2) is 5.96 Å². The van der Waals surface area contributed by atoms with Crippen LogP contribution >= 0.6 is 24.0 Å². The van der Waals surface area contributed by atoms with Crippen molar-refractivity contribution < 1.29 is 4.74 Å². The average molecular weight is 485 g/mol. The lowest BCUT2D eigenvalue weighted by Gasteiger charge is -2.29. The van der Waals surface area contributed by atoms with E-state index in [1.54, 1.807) is 6.20 Å². The molecule has 0 amide bonds. The van der Waals surface area contributed by atoms with Gasteiger partial charge in [-0.15, -0.1) is 24.0 Å². The average Bonchev–Trinajstić information content (AvgIpc) is 3.10. The normalized spacial score (nSPS) is 14.6. The van der Waals surface area contributed by atoms with E-state index in [-0.39, 0.29) is 24.0 Å². The molecular formula is C18H28IN7O. The number of morpholine rings is 1. The Morgan fingerprint density at radius 3 is 2.74 bits per heavy atom. The Morgan fingerprint density at radius 2 is 2.04 bits per heavy atom.